The molecule has 90 valence electrons. The number of nitrogens with one attached hydrogen (secondary N) is 1. The zero-order chi connectivity index (χ0) is 12.5. The summed E-state index contributed by atoms with van der Waals surface area (Å²) in [6.45, 7) is 6.23. The molecular formula is C14H17FN2. The highest BCUT2D eigenvalue weighted by Gasteiger charge is 2.44. The Hall–Kier alpha value is -1.40. The molecule has 1 aromatic carbocycles. The molecule has 0 radical (unpaired) electrons. The Labute approximate surface area is 101 Å². The third-order valence-corrected chi connectivity index (χ3v) is 3.59. The van der Waals surface area contributed by atoms with Crippen molar-refractivity contribution in [3.05, 3.63) is 35.1 Å². The second-order valence-corrected chi connectivity index (χ2v) is 5.45. The summed E-state index contributed by atoms with van der Waals surface area (Å²) in [6, 6.07) is 6.55. The lowest BCUT2D eigenvalue weighted by atomic mass is 10.1. The zero-order valence-electron chi connectivity index (χ0n) is 10.3. The first kappa shape index (κ1) is 12.1. The van der Waals surface area contributed by atoms with Crippen molar-refractivity contribution in [2.45, 2.75) is 26.8 Å². The van der Waals surface area contributed by atoms with Gasteiger partial charge in [-0.05, 0) is 42.0 Å². The fraction of sp³-hybridized carbons (Fsp3) is 0.500. The zero-order valence-corrected chi connectivity index (χ0v) is 10.3. The molecule has 1 saturated carbocycles. The average molecular weight is 232 g/mol. The predicted octanol–water partition coefficient (Wildman–Crippen LogP) is 2.83. The molecule has 0 saturated heterocycles. The van der Waals surface area contributed by atoms with Crippen LogP contribution in [0.2, 0.25) is 0 Å². The molecule has 1 atom stereocenters. The lowest BCUT2D eigenvalue weighted by Gasteiger charge is -2.07. The standard InChI is InChI=1S/C14H17FN2/c1-14(2)6-12(14)9-17-8-10-3-4-13(15)11(5-10)7-16/h3-5,12,17H,6,8-9H2,1-2H3. The minimum atomic E-state index is -0.445. The summed E-state index contributed by atoms with van der Waals surface area (Å²) >= 11 is 0. The van der Waals surface area contributed by atoms with E-state index >= 15 is 0 Å². The molecule has 2 rings (SSSR count). The van der Waals surface area contributed by atoms with E-state index in [1.807, 2.05) is 6.07 Å². The second kappa shape index (κ2) is 4.46. The minimum absolute atomic E-state index is 0.121. The maximum Gasteiger partial charge on any atom is 0.140 e. The molecule has 2 nitrogen and oxygen atoms in total. The Balaban J connectivity index is 1.85. The van der Waals surface area contributed by atoms with Crippen LogP contribution in [0, 0.1) is 28.5 Å². The normalized spacial score (nSPS) is 20.9. The van der Waals surface area contributed by atoms with Crippen molar-refractivity contribution in [3.63, 3.8) is 0 Å². The van der Waals surface area contributed by atoms with Gasteiger partial charge in [0.15, 0.2) is 0 Å². The van der Waals surface area contributed by atoms with Crippen LogP contribution in [0.25, 0.3) is 0 Å². The number of hydrogen-bond donors (Lipinski definition) is 1. The predicted molar refractivity (Wildman–Crippen MR) is 64.7 cm³/mol. The molecule has 0 aromatic heterocycles. The van der Waals surface area contributed by atoms with Gasteiger partial charge in [0.05, 0.1) is 5.56 Å². The van der Waals surface area contributed by atoms with Crippen LogP contribution >= 0.6 is 0 Å². The van der Waals surface area contributed by atoms with Crippen molar-refractivity contribution in [2.24, 2.45) is 11.3 Å². The number of rotatable bonds is 4. The average Bonchev–Trinajstić information content (AvgIpc) is 2.89. The van der Waals surface area contributed by atoms with Crippen LogP contribution in [-0.2, 0) is 6.54 Å². The van der Waals surface area contributed by atoms with Gasteiger partial charge in [0.25, 0.3) is 0 Å². The molecule has 17 heavy (non-hydrogen) atoms. The van der Waals surface area contributed by atoms with Gasteiger partial charge in [-0.1, -0.05) is 19.9 Å². The van der Waals surface area contributed by atoms with E-state index in [0.717, 1.165) is 18.0 Å². The number of hydrogen-bond acceptors (Lipinski definition) is 2. The van der Waals surface area contributed by atoms with Gasteiger partial charge in [-0.25, -0.2) is 4.39 Å². The van der Waals surface area contributed by atoms with E-state index < -0.39 is 5.82 Å². The van der Waals surface area contributed by atoms with E-state index in [0.29, 0.717) is 12.0 Å². The van der Waals surface area contributed by atoms with Crippen molar-refractivity contribution in [1.82, 2.24) is 5.32 Å². The van der Waals surface area contributed by atoms with Crippen LogP contribution in [0.3, 0.4) is 0 Å². The van der Waals surface area contributed by atoms with Gasteiger partial charge in [-0.3, -0.25) is 0 Å². The Morgan fingerprint density at radius 3 is 2.82 bits per heavy atom. The SMILES string of the molecule is CC1(C)CC1CNCc1ccc(F)c(C#N)c1. The molecule has 3 heteroatoms. The van der Waals surface area contributed by atoms with Crippen LogP contribution in [0.1, 0.15) is 31.4 Å². The number of benzene rings is 1. The topological polar surface area (TPSA) is 35.8 Å². The van der Waals surface area contributed by atoms with Crippen molar-refractivity contribution < 1.29 is 4.39 Å². The largest absolute Gasteiger partial charge is 0.312 e. The third kappa shape index (κ3) is 2.83. The molecule has 0 heterocycles. The highest BCUT2D eigenvalue weighted by Crippen LogP contribution is 2.50. The van der Waals surface area contributed by atoms with Crippen molar-refractivity contribution >= 4 is 0 Å². The van der Waals surface area contributed by atoms with Gasteiger partial charge in [-0.2, -0.15) is 5.26 Å². The summed E-state index contributed by atoms with van der Waals surface area (Å²) < 4.78 is 13.1. The van der Waals surface area contributed by atoms with Gasteiger partial charge >= 0.3 is 0 Å². The molecule has 0 aliphatic heterocycles. The Morgan fingerprint density at radius 1 is 1.53 bits per heavy atom. The quantitative estimate of drug-likeness (QED) is 0.866. The summed E-state index contributed by atoms with van der Waals surface area (Å²) in [7, 11) is 0. The smallest absolute Gasteiger partial charge is 0.140 e. The molecule has 1 aliphatic rings. The lowest BCUT2D eigenvalue weighted by molar-refractivity contribution is 0.519. The van der Waals surface area contributed by atoms with Crippen LogP contribution in [0.15, 0.2) is 18.2 Å². The van der Waals surface area contributed by atoms with Crippen molar-refractivity contribution in [2.75, 3.05) is 6.54 Å². The lowest BCUT2D eigenvalue weighted by Crippen LogP contribution is -2.18. The molecule has 0 amide bonds. The fourth-order valence-electron chi connectivity index (χ4n) is 2.08. The summed E-state index contributed by atoms with van der Waals surface area (Å²) in [4.78, 5) is 0. The highest BCUT2D eigenvalue weighted by atomic mass is 19.1. The summed E-state index contributed by atoms with van der Waals surface area (Å²) in [5, 5.41) is 12.1. The maximum absolute atomic E-state index is 13.1. The first-order valence-electron chi connectivity index (χ1n) is 5.92. The molecule has 0 spiro atoms. The number of nitrogens with zero attached hydrogens (tertiary/aromatic N) is 1. The Bertz CT molecular complexity index is 460. The molecule has 1 aromatic rings. The van der Waals surface area contributed by atoms with E-state index in [2.05, 4.69) is 19.2 Å². The van der Waals surface area contributed by atoms with E-state index in [-0.39, 0.29) is 5.56 Å². The highest BCUT2D eigenvalue weighted by molar-refractivity contribution is 5.34. The van der Waals surface area contributed by atoms with Gasteiger partial charge in [0.2, 0.25) is 0 Å². The van der Waals surface area contributed by atoms with Gasteiger partial charge in [0, 0.05) is 6.54 Å². The van der Waals surface area contributed by atoms with Crippen molar-refractivity contribution in [3.8, 4) is 6.07 Å². The third-order valence-electron chi connectivity index (χ3n) is 3.59. The monoisotopic (exact) mass is 232 g/mol. The van der Waals surface area contributed by atoms with Crippen molar-refractivity contribution in [1.29, 1.82) is 5.26 Å². The molecular weight excluding hydrogens is 215 g/mol. The van der Waals surface area contributed by atoms with Crippen LogP contribution in [0.5, 0.6) is 0 Å². The van der Waals surface area contributed by atoms with Crippen LogP contribution < -0.4 is 5.32 Å². The summed E-state index contributed by atoms with van der Waals surface area (Å²) in [5.41, 5.74) is 1.56. The van der Waals surface area contributed by atoms with Gasteiger partial charge in [-0.15, -0.1) is 0 Å². The Kier molecular flexibility index (Phi) is 3.17. The van der Waals surface area contributed by atoms with E-state index in [4.69, 9.17) is 5.26 Å². The summed E-state index contributed by atoms with van der Waals surface area (Å²) in [6.07, 6.45) is 1.27. The maximum atomic E-state index is 13.1. The van der Waals surface area contributed by atoms with Gasteiger partial charge < -0.3 is 5.32 Å². The van der Waals surface area contributed by atoms with E-state index in [1.54, 1.807) is 12.1 Å². The molecule has 1 N–H and O–H groups in total. The molecule has 0 bridgehead atoms. The second-order valence-electron chi connectivity index (χ2n) is 5.45. The first-order valence-corrected chi connectivity index (χ1v) is 5.92. The molecule has 1 unspecified atom stereocenters. The van der Waals surface area contributed by atoms with Crippen LogP contribution in [0.4, 0.5) is 4.39 Å². The van der Waals surface area contributed by atoms with Crippen LogP contribution in [-0.4, -0.2) is 6.54 Å². The summed E-state index contributed by atoms with van der Waals surface area (Å²) in [5.74, 6) is 0.304. The van der Waals surface area contributed by atoms with Gasteiger partial charge in [0.1, 0.15) is 11.9 Å². The number of halogens is 1. The molecule has 1 aliphatic carbocycles. The minimum Gasteiger partial charge on any atom is -0.312 e. The molecule has 1 fully saturated rings. The Morgan fingerprint density at radius 2 is 2.24 bits per heavy atom. The number of nitriles is 1. The van der Waals surface area contributed by atoms with E-state index in [9.17, 15) is 4.39 Å². The first-order chi connectivity index (χ1) is 8.03. The van der Waals surface area contributed by atoms with E-state index in [1.165, 1.54) is 12.5 Å². The fourth-order valence-corrected chi connectivity index (χ4v) is 2.08.